The van der Waals surface area contributed by atoms with Gasteiger partial charge in [-0.05, 0) is 31.2 Å². The van der Waals surface area contributed by atoms with Crippen LogP contribution in [0.2, 0.25) is 0 Å². The largest absolute Gasteiger partial charge is 0.389 e. The molecule has 0 radical (unpaired) electrons. The number of pyridine rings is 1. The third-order valence-corrected chi connectivity index (χ3v) is 6.50. The fraction of sp³-hybridized carbons (Fsp3) is 0.565. The van der Waals surface area contributed by atoms with Gasteiger partial charge in [-0.25, -0.2) is 0 Å². The maximum Gasteiger partial charge on any atom is 0.258 e. The highest BCUT2D eigenvalue weighted by molar-refractivity contribution is 6.06. The molecule has 4 rings (SSSR count). The minimum atomic E-state index is -0.604. The van der Waals surface area contributed by atoms with Crippen LogP contribution in [0.25, 0.3) is 10.8 Å². The highest BCUT2D eigenvalue weighted by Crippen LogP contribution is 2.40. The van der Waals surface area contributed by atoms with E-state index in [1.165, 1.54) is 0 Å². The molecule has 2 aromatic rings. The van der Waals surface area contributed by atoms with Crippen molar-refractivity contribution in [3.63, 3.8) is 0 Å². The van der Waals surface area contributed by atoms with Gasteiger partial charge in [-0.2, -0.15) is 0 Å². The Bertz CT molecular complexity index is 949. The van der Waals surface area contributed by atoms with Crippen LogP contribution in [0.4, 0.5) is 0 Å². The van der Waals surface area contributed by atoms with E-state index < -0.39 is 5.60 Å². The Kier molecular flexibility index (Phi) is 5.04. The van der Waals surface area contributed by atoms with Crippen molar-refractivity contribution in [2.75, 3.05) is 13.1 Å². The van der Waals surface area contributed by atoms with Crippen LogP contribution < -0.4 is 5.56 Å². The van der Waals surface area contributed by atoms with E-state index in [2.05, 4.69) is 13.8 Å². The lowest BCUT2D eigenvalue weighted by Crippen LogP contribution is -2.54. The summed E-state index contributed by atoms with van der Waals surface area (Å²) in [5.74, 6) is 0.446. The van der Waals surface area contributed by atoms with Crippen LogP contribution in [0.5, 0.6) is 0 Å². The zero-order valence-electron chi connectivity index (χ0n) is 16.9. The van der Waals surface area contributed by atoms with Gasteiger partial charge < -0.3 is 14.6 Å². The predicted octanol–water partition coefficient (Wildman–Crippen LogP) is 3.42. The number of nitrogens with zero attached hydrogens (tertiary/aromatic N) is 2. The van der Waals surface area contributed by atoms with Crippen LogP contribution in [-0.2, 0) is 6.54 Å². The molecule has 1 saturated heterocycles. The Morgan fingerprint density at radius 2 is 1.96 bits per heavy atom. The van der Waals surface area contributed by atoms with Gasteiger partial charge in [0.1, 0.15) is 0 Å². The van der Waals surface area contributed by atoms with Gasteiger partial charge in [-0.1, -0.05) is 44.9 Å². The van der Waals surface area contributed by atoms with Gasteiger partial charge in [0.25, 0.3) is 11.5 Å². The smallest absolute Gasteiger partial charge is 0.258 e. The summed E-state index contributed by atoms with van der Waals surface area (Å²) in [5.41, 5.74) is -0.0497. The number of amides is 1. The van der Waals surface area contributed by atoms with Crippen molar-refractivity contribution in [3.8, 4) is 0 Å². The Balaban J connectivity index is 1.71. The van der Waals surface area contributed by atoms with Crippen LogP contribution in [-0.4, -0.2) is 39.2 Å². The molecule has 2 heterocycles. The SMILES string of the molecule is CC(C)Cn1cc(C(=O)N2CCC3(O)CCCCC3C2)c2ccccc2c1=O. The minimum absolute atomic E-state index is 0.0265. The molecule has 5 nitrogen and oxygen atoms in total. The second-order valence-electron chi connectivity index (χ2n) is 8.99. The monoisotopic (exact) mass is 382 g/mol. The molecule has 1 amide bonds. The van der Waals surface area contributed by atoms with Crippen molar-refractivity contribution in [2.24, 2.45) is 11.8 Å². The third-order valence-electron chi connectivity index (χ3n) is 6.50. The Labute approximate surface area is 166 Å². The van der Waals surface area contributed by atoms with Crippen molar-refractivity contribution in [2.45, 2.75) is 58.1 Å². The van der Waals surface area contributed by atoms with Gasteiger partial charge >= 0.3 is 0 Å². The molecule has 1 aliphatic heterocycles. The normalized spacial score (nSPS) is 25.1. The number of aromatic nitrogens is 1. The quantitative estimate of drug-likeness (QED) is 0.885. The van der Waals surface area contributed by atoms with E-state index in [4.69, 9.17) is 0 Å². The van der Waals surface area contributed by atoms with Crippen LogP contribution in [0.15, 0.2) is 35.3 Å². The molecule has 1 aromatic heterocycles. The first-order valence-electron chi connectivity index (χ1n) is 10.5. The van der Waals surface area contributed by atoms with E-state index in [-0.39, 0.29) is 17.4 Å². The zero-order chi connectivity index (χ0) is 19.9. The van der Waals surface area contributed by atoms with Crippen molar-refractivity contribution in [1.82, 2.24) is 9.47 Å². The second kappa shape index (κ2) is 7.36. The van der Waals surface area contributed by atoms with E-state index in [0.29, 0.717) is 42.9 Å². The lowest BCUT2D eigenvalue weighted by Gasteiger charge is -2.47. The molecule has 2 aliphatic rings. The number of hydrogen-bond donors (Lipinski definition) is 1. The third kappa shape index (κ3) is 3.37. The number of carbonyl (C=O) groups excluding carboxylic acids is 1. The van der Waals surface area contributed by atoms with Crippen molar-refractivity contribution >= 4 is 16.7 Å². The zero-order valence-corrected chi connectivity index (χ0v) is 16.9. The summed E-state index contributed by atoms with van der Waals surface area (Å²) in [4.78, 5) is 28.2. The van der Waals surface area contributed by atoms with Crippen molar-refractivity contribution in [3.05, 3.63) is 46.4 Å². The lowest BCUT2D eigenvalue weighted by molar-refractivity contribution is -0.0886. The first-order valence-corrected chi connectivity index (χ1v) is 10.5. The molecule has 28 heavy (non-hydrogen) atoms. The average molecular weight is 383 g/mol. The molecule has 0 spiro atoms. The van der Waals surface area contributed by atoms with Gasteiger partial charge in [0.15, 0.2) is 0 Å². The summed E-state index contributed by atoms with van der Waals surface area (Å²) in [6, 6.07) is 7.40. The van der Waals surface area contributed by atoms with E-state index in [1.54, 1.807) is 16.8 Å². The molecule has 5 heteroatoms. The fourth-order valence-corrected chi connectivity index (χ4v) is 4.97. The maximum absolute atomic E-state index is 13.5. The Morgan fingerprint density at radius 3 is 2.71 bits per heavy atom. The van der Waals surface area contributed by atoms with Gasteiger partial charge in [0.05, 0.1) is 11.2 Å². The molecule has 0 bridgehead atoms. The summed E-state index contributed by atoms with van der Waals surface area (Å²) < 4.78 is 1.68. The topological polar surface area (TPSA) is 62.5 Å². The standard InChI is InChI=1S/C23H30N2O3/c1-16(2)13-25-15-20(18-8-3-4-9-19(18)21(25)26)22(27)24-12-11-23(28)10-6-5-7-17(23)14-24/h3-4,8-9,15-17,28H,5-7,10-14H2,1-2H3. The number of hydrogen-bond acceptors (Lipinski definition) is 3. The van der Waals surface area contributed by atoms with Crippen LogP contribution in [0.1, 0.15) is 56.3 Å². The van der Waals surface area contributed by atoms with E-state index in [1.807, 2.05) is 23.1 Å². The molecular weight excluding hydrogens is 352 g/mol. The number of piperidine rings is 1. The lowest BCUT2D eigenvalue weighted by atomic mass is 9.71. The number of carbonyl (C=O) groups is 1. The van der Waals surface area contributed by atoms with Crippen molar-refractivity contribution < 1.29 is 9.90 Å². The Morgan fingerprint density at radius 1 is 1.21 bits per heavy atom. The van der Waals surface area contributed by atoms with Gasteiger partial charge in [0.2, 0.25) is 0 Å². The van der Waals surface area contributed by atoms with Crippen LogP contribution >= 0.6 is 0 Å². The summed E-state index contributed by atoms with van der Waals surface area (Å²) in [5, 5.41) is 12.3. The van der Waals surface area contributed by atoms with Gasteiger partial charge in [-0.3, -0.25) is 9.59 Å². The van der Waals surface area contributed by atoms with E-state index >= 15 is 0 Å². The molecule has 2 unspecified atom stereocenters. The number of aliphatic hydroxyl groups is 1. The maximum atomic E-state index is 13.5. The number of likely N-dealkylation sites (tertiary alicyclic amines) is 1. The first kappa shape index (κ1) is 19.2. The highest BCUT2D eigenvalue weighted by Gasteiger charge is 2.44. The van der Waals surface area contributed by atoms with E-state index in [0.717, 1.165) is 31.1 Å². The molecule has 150 valence electrons. The number of rotatable bonds is 3. The van der Waals surface area contributed by atoms with Gasteiger partial charge in [0, 0.05) is 42.5 Å². The predicted molar refractivity (Wildman–Crippen MR) is 110 cm³/mol. The molecule has 1 aromatic carbocycles. The summed E-state index contributed by atoms with van der Waals surface area (Å²) in [6.07, 6.45) is 6.42. The molecule has 2 atom stereocenters. The molecular formula is C23H30N2O3. The van der Waals surface area contributed by atoms with E-state index in [9.17, 15) is 14.7 Å². The second-order valence-corrected chi connectivity index (χ2v) is 8.99. The summed E-state index contributed by atoms with van der Waals surface area (Å²) in [7, 11) is 0. The van der Waals surface area contributed by atoms with Crippen molar-refractivity contribution in [1.29, 1.82) is 0 Å². The molecule has 1 saturated carbocycles. The molecule has 2 fully saturated rings. The van der Waals surface area contributed by atoms with Crippen LogP contribution in [0.3, 0.4) is 0 Å². The Hall–Kier alpha value is -2.14. The molecule has 1 N–H and O–H groups in total. The summed E-state index contributed by atoms with van der Waals surface area (Å²) in [6.45, 7) is 5.90. The number of fused-ring (bicyclic) bond motifs is 2. The first-order chi connectivity index (χ1) is 13.4. The average Bonchev–Trinajstić information content (AvgIpc) is 2.68. The van der Waals surface area contributed by atoms with Gasteiger partial charge in [-0.15, -0.1) is 0 Å². The molecule has 1 aliphatic carbocycles. The number of benzene rings is 1. The summed E-state index contributed by atoms with van der Waals surface area (Å²) >= 11 is 0. The highest BCUT2D eigenvalue weighted by atomic mass is 16.3. The fourth-order valence-electron chi connectivity index (χ4n) is 4.97. The van der Waals surface area contributed by atoms with Crippen LogP contribution in [0, 0.1) is 11.8 Å². The minimum Gasteiger partial charge on any atom is -0.389 e.